The number of hydrogen-bond acceptors (Lipinski definition) is 4. The third-order valence-corrected chi connectivity index (χ3v) is 5.08. The highest BCUT2D eigenvalue weighted by atomic mass is 79.9. The van der Waals surface area contributed by atoms with Gasteiger partial charge in [-0.3, -0.25) is 0 Å². The van der Waals surface area contributed by atoms with E-state index in [4.69, 9.17) is 9.47 Å². The number of halogens is 1. The average Bonchev–Trinajstić information content (AvgIpc) is 3.00. The Bertz CT molecular complexity index is 592. The van der Waals surface area contributed by atoms with Gasteiger partial charge < -0.3 is 14.4 Å². The zero-order valence-corrected chi connectivity index (χ0v) is 15.3. The van der Waals surface area contributed by atoms with Gasteiger partial charge in [0.25, 0.3) is 0 Å². The van der Waals surface area contributed by atoms with E-state index in [1.54, 1.807) is 11.0 Å². The number of carbonyl (C=O) groups excluding carboxylic acids is 2. The molecule has 1 aliphatic carbocycles. The first-order chi connectivity index (χ1) is 10.7. The molecule has 1 fully saturated rings. The van der Waals surface area contributed by atoms with Gasteiger partial charge in [-0.1, -0.05) is 28.1 Å². The Morgan fingerprint density at radius 3 is 2.91 bits per heavy atom. The Morgan fingerprint density at radius 2 is 2.22 bits per heavy atom. The summed E-state index contributed by atoms with van der Waals surface area (Å²) < 4.78 is 11.3. The van der Waals surface area contributed by atoms with Gasteiger partial charge in [0.2, 0.25) is 0 Å². The van der Waals surface area contributed by atoms with Crippen LogP contribution in [-0.2, 0) is 14.3 Å². The first-order valence-corrected chi connectivity index (χ1v) is 8.90. The molecule has 3 rings (SSSR count). The number of carbonyl (C=O) groups is 2. The Balaban J connectivity index is 1.90. The quantitative estimate of drug-likeness (QED) is 0.514. The number of allylic oxidation sites excluding steroid dienone is 1. The number of ether oxygens (including phenoxy) is 2. The summed E-state index contributed by atoms with van der Waals surface area (Å²) in [6.45, 7) is 6.19. The first kappa shape index (κ1) is 16.6. The Hall–Kier alpha value is -1.30. The van der Waals surface area contributed by atoms with E-state index in [0.29, 0.717) is 13.0 Å². The van der Waals surface area contributed by atoms with Crippen molar-refractivity contribution in [3.63, 3.8) is 0 Å². The van der Waals surface area contributed by atoms with Gasteiger partial charge in [0.15, 0.2) is 5.60 Å². The predicted molar refractivity (Wildman–Crippen MR) is 89.3 cm³/mol. The van der Waals surface area contributed by atoms with Crippen LogP contribution < -0.4 is 0 Å². The van der Waals surface area contributed by atoms with E-state index in [2.05, 4.69) is 15.9 Å². The summed E-state index contributed by atoms with van der Waals surface area (Å²) in [6, 6.07) is -0.181. The Kier molecular flexibility index (Phi) is 4.07. The van der Waals surface area contributed by atoms with Crippen molar-refractivity contribution in [3.8, 4) is 0 Å². The lowest BCUT2D eigenvalue weighted by Gasteiger charge is -2.42. The van der Waals surface area contributed by atoms with Crippen molar-refractivity contribution in [1.29, 1.82) is 0 Å². The lowest BCUT2D eigenvalue weighted by molar-refractivity contribution is -0.151. The summed E-state index contributed by atoms with van der Waals surface area (Å²) >= 11 is 3.59. The van der Waals surface area contributed by atoms with Crippen LogP contribution in [0.5, 0.6) is 0 Å². The van der Waals surface area contributed by atoms with Crippen molar-refractivity contribution >= 4 is 28.0 Å². The fourth-order valence-corrected chi connectivity index (χ4v) is 4.25. The number of fused-ring (bicyclic) bond motifs is 1. The molecule has 0 radical (unpaired) electrons. The molecule has 5 nitrogen and oxygen atoms in total. The number of esters is 1. The molecule has 0 aromatic rings. The molecule has 3 atom stereocenters. The van der Waals surface area contributed by atoms with Gasteiger partial charge >= 0.3 is 12.1 Å². The highest BCUT2D eigenvalue weighted by Gasteiger charge is 2.55. The van der Waals surface area contributed by atoms with Gasteiger partial charge in [-0.25, -0.2) is 9.59 Å². The monoisotopic (exact) mass is 383 g/mol. The molecule has 23 heavy (non-hydrogen) atoms. The van der Waals surface area contributed by atoms with E-state index in [-0.39, 0.29) is 22.9 Å². The molecule has 0 spiro atoms. The molecule has 2 heterocycles. The van der Waals surface area contributed by atoms with Crippen LogP contribution >= 0.6 is 15.9 Å². The minimum Gasteiger partial charge on any atom is -0.449 e. The maximum atomic E-state index is 12.6. The van der Waals surface area contributed by atoms with Crippen LogP contribution in [0.1, 0.15) is 40.0 Å². The lowest BCUT2D eigenvalue weighted by Crippen LogP contribution is -2.55. The zero-order chi connectivity index (χ0) is 16.8. The summed E-state index contributed by atoms with van der Waals surface area (Å²) in [4.78, 5) is 26.3. The minimum absolute atomic E-state index is 0.117. The molecule has 0 N–H and O–H groups in total. The fraction of sp³-hybridized carbons (Fsp3) is 0.647. The van der Waals surface area contributed by atoms with E-state index < -0.39 is 11.2 Å². The van der Waals surface area contributed by atoms with Crippen LogP contribution in [0, 0.1) is 0 Å². The molecular weight excluding hydrogens is 362 g/mol. The fourth-order valence-electron chi connectivity index (χ4n) is 3.62. The Morgan fingerprint density at radius 1 is 1.48 bits per heavy atom. The van der Waals surface area contributed by atoms with Crippen LogP contribution in [0.3, 0.4) is 0 Å². The molecule has 2 aliphatic heterocycles. The van der Waals surface area contributed by atoms with Crippen molar-refractivity contribution < 1.29 is 19.1 Å². The van der Waals surface area contributed by atoms with E-state index in [1.165, 1.54) is 0 Å². The van der Waals surface area contributed by atoms with E-state index in [0.717, 1.165) is 18.4 Å². The molecule has 0 bridgehead atoms. The van der Waals surface area contributed by atoms with Crippen molar-refractivity contribution in [2.24, 2.45) is 0 Å². The Labute approximate surface area is 144 Å². The zero-order valence-electron chi connectivity index (χ0n) is 13.7. The lowest BCUT2D eigenvalue weighted by atomic mass is 9.78. The molecule has 1 amide bonds. The predicted octanol–water partition coefficient (Wildman–Crippen LogP) is 3.33. The average molecular weight is 384 g/mol. The van der Waals surface area contributed by atoms with Gasteiger partial charge in [-0.15, -0.1) is 0 Å². The number of rotatable bonds is 1. The second kappa shape index (κ2) is 5.65. The standard InChI is InChI=1S/C17H22BrNO4/c1-16(2,3)23-15(21)19-8-4-5-13(19)17-10-12(18)7-6-11(17)9-14(20)22-17/h6-7,9,12-13H,4-5,8,10H2,1-3H3/t12?,13-,17-/m0/s1. The molecule has 0 aromatic heterocycles. The number of hydrogen-bond donors (Lipinski definition) is 0. The van der Waals surface area contributed by atoms with Crippen LogP contribution in [0.25, 0.3) is 0 Å². The number of nitrogens with zero attached hydrogens (tertiary/aromatic N) is 1. The minimum atomic E-state index is -0.757. The first-order valence-electron chi connectivity index (χ1n) is 7.98. The highest BCUT2D eigenvalue weighted by molar-refractivity contribution is 9.09. The second-order valence-electron chi connectivity index (χ2n) is 7.32. The van der Waals surface area contributed by atoms with Crippen molar-refractivity contribution in [1.82, 2.24) is 4.90 Å². The second-order valence-corrected chi connectivity index (χ2v) is 8.50. The molecular formula is C17H22BrNO4. The number of amides is 1. The van der Waals surface area contributed by atoms with Crippen LogP contribution in [0.2, 0.25) is 0 Å². The smallest absolute Gasteiger partial charge is 0.410 e. The highest BCUT2D eigenvalue weighted by Crippen LogP contribution is 2.46. The van der Waals surface area contributed by atoms with Gasteiger partial charge in [-0.2, -0.15) is 0 Å². The number of likely N-dealkylation sites (tertiary alicyclic amines) is 1. The van der Waals surface area contributed by atoms with Crippen molar-refractivity contribution in [2.45, 2.75) is 62.1 Å². The molecule has 126 valence electrons. The van der Waals surface area contributed by atoms with E-state index in [1.807, 2.05) is 32.9 Å². The summed E-state index contributed by atoms with van der Waals surface area (Å²) in [5.74, 6) is -0.331. The topological polar surface area (TPSA) is 55.8 Å². The number of alkyl halides is 1. The molecule has 3 aliphatic rings. The molecule has 0 saturated carbocycles. The van der Waals surface area contributed by atoms with Crippen LogP contribution in [-0.4, -0.2) is 45.6 Å². The van der Waals surface area contributed by atoms with Gasteiger partial charge in [0.05, 0.1) is 6.04 Å². The SMILES string of the molecule is CC(C)(C)OC(=O)N1CCC[C@H]1[C@]12CC(Br)C=CC1=CC(=O)O2. The molecule has 1 unspecified atom stereocenters. The summed E-state index contributed by atoms with van der Waals surface area (Å²) in [5.41, 5.74) is -0.441. The van der Waals surface area contributed by atoms with Crippen molar-refractivity contribution in [2.75, 3.05) is 6.54 Å². The maximum Gasteiger partial charge on any atom is 0.410 e. The largest absolute Gasteiger partial charge is 0.449 e. The summed E-state index contributed by atoms with van der Waals surface area (Å²) in [7, 11) is 0. The van der Waals surface area contributed by atoms with Crippen molar-refractivity contribution in [3.05, 3.63) is 23.8 Å². The van der Waals surface area contributed by atoms with Crippen LogP contribution in [0.15, 0.2) is 23.8 Å². The molecule has 6 heteroatoms. The summed E-state index contributed by atoms with van der Waals surface area (Å²) in [5, 5.41) is 0. The summed E-state index contributed by atoms with van der Waals surface area (Å²) in [6.07, 6.45) is 7.46. The molecule has 0 aromatic carbocycles. The van der Waals surface area contributed by atoms with Gasteiger partial charge in [0, 0.05) is 29.4 Å². The van der Waals surface area contributed by atoms with E-state index in [9.17, 15) is 9.59 Å². The van der Waals surface area contributed by atoms with Gasteiger partial charge in [-0.05, 0) is 33.6 Å². The third-order valence-electron chi connectivity index (χ3n) is 4.45. The van der Waals surface area contributed by atoms with Gasteiger partial charge in [0.1, 0.15) is 5.60 Å². The maximum absolute atomic E-state index is 12.6. The third kappa shape index (κ3) is 3.05. The molecule has 1 saturated heterocycles. The normalized spacial score (nSPS) is 33.3. The van der Waals surface area contributed by atoms with E-state index >= 15 is 0 Å². The van der Waals surface area contributed by atoms with Crippen LogP contribution in [0.4, 0.5) is 4.79 Å².